The van der Waals surface area contributed by atoms with Crippen molar-refractivity contribution in [2.24, 2.45) is 0 Å². The number of aliphatic carboxylic acids is 1. The molecule has 0 aromatic heterocycles. The van der Waals surface area contributed by atoms with E-state index in [4.69, 9.17) is 4.74 Å². The fraction of sp³-hybridized carbons (Fsp3) is 0.417. The van der Waals surface area contributed by atoms with E-state index in [9.17, 15) is 9.90 Å². The van der Waals surface area contributed by atoms with Crippen molar-refractivity contribution in [2.75, 3.05) is 24.6 Å². The Balaban J connectivity index is 2.73. The third-order valence-electron chi connectivity index (χ3n) is 2.30. The summed E-state index contributed by atoms with van der Waals surface area (Å²) < 4.78 is 5.06. The zero-order valence-electron chi connectivity index (χ0n) is 9.60. The molecule has 0 N–H and O–H groups in total. The Morgan fingerprint density at radius 2 is 2.06 bits per heavy atom. The highest BCUT2D eigenvalue weighted by Crippen LogP contribution is 2.20. The van der Waals surface area contributed by atoms with E-state index in [2.05, 4.69) is 18.7 Å². The molecule has 0 spiro atoms. The van der Waals surface area contributed by atoms with Crippen LogP contribution in [-0.4, -0.2) is 25.7 Å². The summed E-state index contributed by atoms with van der Waals surface area (Å²) in [4.78, 5) is 12.4. The number of rotatable bonds is 6. The van der Waals surface area contributed by atoms with Gasteiger partial charge in [-0.25, -0.2) is 0 Å². The first-order valence-corrected chi connectivity index (χ1v) is 5.35. The summed E-state index contributed by atoms with van der Waals surface area (Å²) in [6, 6.07) is 7.38. The number of carbonyl (C=O) groups excluding carboxylic acids is 1. The maximum Gasteiger partial charge on any atom is 0.128 e. The van der Waals surface area contributed by atoms with Crippen molar-refractivity contribution in [1.82, 2.24) is 0 Å². The topological polar surface area (TPSA) is 52.6 Å². The minimum absolute atomic E-state index is 0.415. The molecule has 0 saturated carbocycles. The highest BCUT2D eigenvalue weighted by Gasteiger charge is 2.02. The van der Waals surface area contributed by atoms with E-state index in [1.54, 1.807) is 6.07 Å². The van der Waals surface area contributed by atoms with E-state index in [-0.39, 0.29) is 0 Å². The van der Waals surface area contributed by atoms with Crippen LogP contribution in [0.1, 0.15) is 13.8 Å². The average Bonchev–Trinajstić information content (AvgIpc) is 2.29. The standard InChI is InChI=1S/C12H17NO3/c1-3-13(4-2)10-6-5-7-11(8-10)16-9-12(14)15/h5-8H,3-4,9H2,1-2H3,(H,14,15)/p-1. The SMILES string of the molecule is CCN(CC)c1cccc(OCC(=O)[O-])c1. The van der Waals surface area contributed by atoms with Gasteiger partial charge in [0.05, 0.1) is 5.97 Å². The van der Waals surface area contributed by atoms with Crippen molar-refractivity contribution in [3.8, 4) is 5.75 Å². The van der Waals surface area contributed by atoms with Crippen LogP contribution in [-0.2, 0) is 4.79 Å². The lowest BCUT2D eigenvalue weighted by molar-refractivity contribution is -0.307. The van der Waals surface area contributed by atoms with Gasteiger partial charge in [0.15, 0.2) is 0 Å². The van der Waals surface area contributed by atoms with E-state index in [1.807, 2.05) is 18.2 Å². The van der Waals surface area contributed by atoms with Crippen LogP contribution in [0.5, 0.6) is 5.75 Å². The van der Waals surface area contributed by atoms with Gasteiger partial charge in [0.1, 0.15) is 12.4 Å². The molecule has 0 fully saturated rings. The van der Waals surface area contributed by atoms with Crippen molar-refractivity contribution in [3.05, 3.63) is 24.3 Å². The molecule has 0 radical (unpaired) electrons. The number of benzene rings is 1. The Kier molecular flexibility index (Phi) is 4.64. The first-order valence-electron chi connectivity index (χ1n) is 5.35. The van der Waals surface area contributed by atoms with E-state index >= 15 is 0 Å². The molecule has 0 aliphatic heterocycles. The number of ether oxygens (including phenoxy) is 1. The smallest absolute Gasteiger partial charge is 0.128 e. The van der Waals surface area contributed by atoms with Crippen LogP contribution in [0.2, 0.25) is 0 Å². The summed E-state index contributed by atoms with van der Waals surface area (Å²) in [5.41, 5.74) is 1.03. The summed E-state index contributed by atoms with van der Waals surface area (Å²) in [6.07, 6.45) is 0. The molecule has 16 heavy (non-hydrogen) atoms. The number of anilines is 1. The van der Waals surface area contributed by atoms with E-state index in [1.165, 1.54) is 0 Å². The number of carboxylic acids is 1. The van der Waals surface area contributed by atoms with Gasteiger partial charge in [0, 0.05) is 24.8 Å². The molecular weight excluding hydrogens is 206 g/mol. The Labute approximate surface area is 95.5 Å². The first-order chi connectivity index (χ1) is 7.67. The fourth-order valence-corrected chi connectivity index (χ4v) is 1.50. The molecule has 1 aromatic rings. The molecule has 0 bridgehead atoms. The average molecular weight is 222 g/mol. The lowest BCUT2D eigenvalue weighted by Gasteiger charge is -2.21. The van der Waals surface area contributed by atoms with Gasteiger partial charge in [-0.2, -0.15) is 0 Å². The predicted octanol–water partition coefficient (Wildman–Crippen LogP) is 0.661. The molecule has 4 heteroatoms. The van der Waals surface area contributed by atoms with Crippen molar-refractivity contribution in [2.45, 2.75) is 13.8 Å². The predicted molar refractivity (Wildman–Crippen MR) is 60.5 cm³/mol. The number of carboxylic acid groups (broad SMARTS) is 1. The summed E-state index contributed by atoms with van der Waals surface area (Å²) in [5, 5.41) is 10.3. The van der Waals surface area contributed by atoms with Gasteiger partial charge in [-0.15, -0.1) is 0 Å². The van der Waals surface area contributed by atoms with Crippen LogP contribution in [0.3, 0.4) is 0 Å². The Hall–Kier alpha value is -1.71. The summed E-state index contributed by atoms with van der Waals surface area (Å²) in [7, 11) is 0. The third kappa shape index (κ3) is 3.46. The van der Waals surface area contributed by atoms with Crippen LogP contribution in [0.15, 0.2) is 24.3 Å². The van der Waals surface area contributed by atoms with Gasteiger partial charge in [-0.05, 0) is 26.0 Å². The summed E-state index contributed by atoms with van der Waals surface area (Å²) >= 11 is 0. The van der Waals surface area contributed by atoms with Gasteiger partial charge < -0.3 is 19.5 Å². The highest BCUT2D eigenvalue weighted by atomic mass is 16.5. The van der Waals surface area contributed by atoms with Gasteiger partial charge in [0.25, 0.3) is 0 Å². The zero-order chi connectivity index (χ0) is 12.0. The van der Waals surface area contributed by atoms with Gasteiger partial charge in [-0.3, -0.25) is 0 Å². The number of hydrogen-bond donors (Lipinski definition) is 0. The van der Waals surface area contributed by atoms with E-state index < -0.39 is 12.6 Å². The monoisotopic (exact) mass is 222 g/mol. The first kappa shape index (κ1) is 12.4. The molecular formula is C12H16NO3-. The quantitative estimate of drug-likeness (QED) is 0.709. The molecule has 1 rings (SSSR count). The molecule has 0 aliphatic rings. The fourth-order valence-electron chi connectivity index (χ4n) is 1.50. The van der Waals surface area contributed by atoms with Gasteiger partial charge in [-0.1, -0.05) is 6.07 Å². The van der Waals surface area contributed by atoms with E-state index in [0.717, 1.165) is 18.8 Å². The maximum absolute atomic E-state index is 10.3. The van der Waals surface area contributed by atoms with Crippen LogP contribution in [0.25, 0.3) is 0 Å². The molecule has 0 atom stereocenters. The maximum atomic E-state index is 10.3. The second kappa shape index (κ2) is 6.00. The second-order valence-corrected chi connectivity index (χ2v) is 3.33. The van der Waals surface area contributed by atoms with Crippen LogP contribution < -0.4 is 14.7 Å². The van der Waals surface area contributed by atoms with Gasteiger partial charge >= 0.3 is 0 Å². The van der Waals surface area contributed by atoms with Crippen molar-refractivity contribution in [1.29, 1.82) is 0 Å². The molecule has 0 saturated heterocycles. The molecule has 0 unspecified atom stereocenters. The largest absolute Gasteiger partial charge is 0.546 e. The molecule has 1 aromatic carbocycles. The molecule has 0 amide bonds. The second-order valence-electron chi connectivity index (χ2n) is 3.33. The van der Waals surface area contributed by atoms with Crippen LogP contribution in [0.4, 0.5) is 5.69 Å². The Morgan fingerprint density at radius 1 is 1.38 bits per heavy atom. The van der Waals surface area contributed by atoms with Crippen LogP contribution >= 0.6 is 0 Å². The number of nitrogens with zero attached hydrogens (tertiary/aromatic N) is 1. The Morgan fingerprint density at radius 3 is 2.62 bits per heavy atom. The molecule has 0 heterocycles. The zero-order valence-corrected chi connectivity index (χ0v) is 9.60. The molecule has 4 nitrogen and oxygen atoms in total. The normalized spacial score (nSPS) is 9.88. The van der Waals surface area contributed by atoms with Crippen molar-refractivity contribution in [3.63, 3.8) is 0 Å². The molecule has 88 valence electrons. The minimum Gasteiger partial charge on any atom is -0.546 e. The lowest BCUT2D eigenvalue weighted by atomic mass is 10.2. The minimum atomic E-state index is -1.21. The number of carbonyl (C=O) groups is 1. The van der Waals surface area contributed by atoms with Crippen molar-refractivity contribution >= 4 is 11.7 Å². The van der Waals surface area contributed by atoms with Crippen LogP contribution in [0, 0.1) is 0 Å². The third-order valence-corrected chi connectivity index (χ3v) is 2.30. The lowest BCUT2D eigenvalue weighted by Crippen LogP contribution is -2.29. The Bertz CT molecular complexity index is 348. The van der Waals surface area contributed by atoms with Crippen molar-refractivity contribution < 1.29 is 14.6 Å². The number of hydrogen-bond acceptors (Lipinski definition) is 4. The summed E-state index contributed by atoms with van der Waals surface area (Å²) in [6.45, 7) is 5.53. The summed E-state index contributed by atoms with van der Waals surface area (Å²) in [5.74, 6) is -0.665. The van der Waals surface area contributed by atoms with E-state index in [0.29, 0.717) is 5.75 Å². The molecule has 0 aliphatic carbocycles. The van der Waals surface area contributed by atoms with Gasteiger partial charge in [0.2, 0.25) is 0 Å². The highest BCUT2D eigenvalue weighted by molar-refractivity contribution is 5.66.